The summed E-state index contributed by atoms with van der Waals surface area (Å²) in [4.78, 5) is 4.94. The van der Waals surface area contributed by atoms with Crippen LogP contribution in [0.25, 0.3) is 0 Å². The second-order valence-corrected chi connectivity index (χ2v) is 4.87. The van der Waals surface area contributed by atoms with Gasteiger partial charge in [-0.1, -0.05) is 0 Å². The first-order chi connectivity index (χ1) is 8.36. The zero-order chi connectivity index (χ0) is 11.7. The van der Waals surface area contributed by atoms with Gasteiger partial charge < -0.3 is 10.6 Å². The van der Waals surface area contributed by atoms with E-state index in [1.165, 1.54) is 19.4 Å². The fraction of sp³-hybridized carbons (Fsp3) is 0.667. The van der Waals surface area contributed by atoms with Gasteiger partial charge in [0.25, 0.3) is 0 Å². The third-order valence-electron chi connectivity index (χ3n) is 3.83. The number of nitrogens with zero attached hydrogens (tertiary/aromatic N) is 4. The highest BCUT2D eigenvalue weighted by Gasteiger charge is 2.30. The second-order valence-electron chi connectivity index (χ2n) is 4.87. The minimum absolute atomic E-state index is 0.462. The molecular formula is C12H19N5. The van der Waals surface area contributed by atoms with E-state index < -0.39 is 0 Å². The molecule has 0 aromatic carbocycles. The van der Waals surface area contributed by atoms with Crippen molar-refractivity contribution in [1.29, 1.82) is 0 Å². The molecule has 3 rings (SSSR count). The molecule has 1 unspecified atom stereocenters. The number of piperazine rings is 1. The van der Waals surface area contributed by atoms with Crippen molar-refractivity contribution < 1.29 is 0 Å². The average molecular weight is 233 g/mol. The molecule has 0 saturated carbocycles. The molecule has 2 aliphatic heterocycles. The molecular weight excluding hydrogens is 214 g/mol. The van der Waals surface area contributed by atoms with Crippen molar-refractivity contribution in [2.24, 2.45) is 5.73 Å². The van der Waals surface area contributed by atoms with Gasteiger partial charge in [0, 0.05) is 32.2 Å². The quantitative estimate of drug-likeness (QED) is 0.792. The van der Waals surface area contributed by atoms with Gasteiger partial charge in [-0.3, -0.25) is 4.90 Å². The van der Waals surface area contributed by atoms with Gasteiger partial charge in [0.15, 0.2) is 5.82 Å². The van der Waals surface area contributed by atoms with Crippen LogP contribution < -0.4 is 10.6 Å². The molecule has 0 bridgehead atoms. The summed E-state index contributed by atoms with van der Waals surface area (Å²) in [5, 5.41) is 8.39. The van der Waals surface area contributed by atoms with Crippen molar-refractivity contribution in [2.45, 2.75) is 25.4 Å². The molecule has 0 radical (unpaired) electrons. The van der Waals surface area contributed by atoms with E-state index in [0.717, 1.165) is 37.2 Å². The Labute approximate surface area is 102 Å². The first-order valence-corrected chi connectivity index (χ1v) is 6.38. The molecule has 5 nitrogen and oxygen atoms in total. The van der Waals surface area contributed by atoms with Crippen LogP contribution >= 0.6 is 0 Å². The molecule has 1 atom stereocenters. The summed E-state index contributed by atoms with van der Waals surface area (Å²) in [7, 11) is 0. The Morgan fingerprint density at radius 3 is 2.94 bits per heavy atom. The van der Waals surface area contributed by atoms with Crippen LogP contribution in [-0.2, 0) is 6.54 Å². The van der Waals surface area contributed by atoms with E-state index in [2.05, 4.69) is 20.0 Å². The Morgan fingerprint density at radius 1 is 1.24 bits per heavy atom. The zero-order valence-electron chi connectivity index (χ0n) is 10.0. The lowest BCUT2D eigenvalue weighted by molar-refractivity contribution is 0.230. The van der Waals surface area contributed by atoms with Gasteiger partial charge in [-0.2, -0.15) is 5.10 Å². The lowest BCUT2D eigenvalue weighted by Crippen LogP contribution is -2.50. The predicted molar refractivity (Wildman–Crippen MR) is 66.7 cm³/mol. The zero-order valence-corrected chi connectivity index (χ0v) is 10.0. The Kier molecular flexibility index (Phi) is 2.94. The maximum atomic E-state index is 5.53. The van der Waals surface area contributed by atoms with Gasteiger partial charge in [0.1, 0.15) is 0 Å². The van der Waals surface area contributed by atoms with Crippen molar-refractivity contribution in [3.63, 3.8) is 0 Å². The molecule has 2 saturated heterocycles. The van der Waals surface area contributed by atoms with E-state index in [1.54, 1.807) is 0 Å². The molecule has 0 spiro atoms. The molecule has 1 aromatic rings. The molecule has 3 heterocycles. The van der Waals surface area contributed by atoms with Gasteiger partial charge in [-0.25, -0.2) is 0 Å². The summed E-state index contributed by atoms with van der Waals surface area (Å²) in [6.07, 6.45) is 2.67. The van der Waals surface area contributed by atoms with Crippen molar-refractivity contribution in [3.8, 4) is 0 Å². The number of nitrogens with two attached hydrogens (primary N) is 1. The molecule has 2 aliphatic rings. The molecule has 17 heavy (non-hydrogen) atoms. The van der Waals surface area contributed by atoms with Crippen LogP contribution in [0.15, 0.2) is 12.1 Å². The van der Waals surface area contributed by atoms with E-state index in [4.69, 9.17) is 5.73 Å². The Balaban J connectivity index is 1.71. The van der Waals surface area contributed by atoms with Crippen LogP contribution in [0.5, 0.6) is 0 Å². The van der Waals surface area contributed by atoms with Crippen LogP contribution in [0, 0.1) is 0 Å². The smallest absolute Gasteiger partial charge is 0.151 e. The fourth-order valence-corrected chi connectivity index (χ4v) is 2.83. The number of hydrogen-bond donors (Lipinski definition) is 1. The summed E-state index contributed by atoms with van der Waals surface area (Å²) in [5.41, 5.74) is 6.38. The SMILES string of the molecule is NCc1ccc(N2CCN3CCCC3C2)nn1. The second kappa shape index (κ2) is 4.58. The van der Waals surface area contributed by atoms with E-state index >= 15 is 0 Å². The number of rotatable bonds is 2. The summed E-state index contributed by atoms with van der Waals surface area (Å²) < 4.78 is 0. The van der Waals surface area contributed by atoms with Crippen molar-refractivity contribution in [2.75, 3.05) is 31.1 Å². The lowest BCUT2D eigenvalue weighted by Gasteiger charge is -2.37. The third-order valence-corrected chi connectivity index (χ3v) is 3.83. The van der Waals surface area contributed by atoms with Gasteiger partial charge in [0.2, 0.25) is 0 Å². The highest BCUT2D eigenvalue weighted by molar-refractivity contribution is 5.38. The number of aromatic nitrogens is 2. The molecule has 2 N–H and O–H groups in total. The number of fused-ring (bicyclic) bond motifs is 1. The van der Waals surface area contributed by atoms with Crippen LogP contribution in [0.3, 0.4) is 0 Å². The average Bonchev–Trinajstić information content (AvgIpc) is 2.86. The first kappa shape index (κ1) is 10.9. The van der Waals surface area contributed by atoms with Crippen molar-refractivity contribution >= 4 is 5.82 Å². The van der Waals surface area contributed by atoms with Gasteiger partial charge in [0.05, 0.1) is 5.69 Å². The highest BCUT2D eigenvalue weighted by Crippen LogP contribution is 2.23. The molecule has 5 heteroatoms. The number of hydrogen-bond acceptors (Lipinski definition) is 5. The summed E-state index contributed by atoms with van der Waals surface area (Å²) in [5.74, 6) is 0.994. The van der Waals surface area contributed by atoms with E-state index in [1.807, 2.05) is 12.1 Å². The molecule has 2 fully saturated rings. The predicted octanol–water partition coefficient (Wildman–Crippen LogP) is 0.220. The lowest BCUT2D eigenvalue weighted by atomic mass is 10.1. The Morgan fingerprint density at radius 2 is 2.18 bits per heavy atom. The summed E-state index contributed by atoms with van der Waals surface area (Å²) >= 11 is 0. The standard InChI is InChI=1S/C12H19N5/c13-8-10-3-4-12(15-14-10)17-7-6-16-5-1-2-11(16)9-17/h3-4,11H,1-2,5-9,13H2. The Hall–Kier alpha value is -1.20. The van der Waals surface area contributed by atoms with Crippen LogP contribution in [0.1, 0.15) is 18.5 Å². The van der Waals surface area contributed by atoms with E-state index in [9.17, 15) is 0 Å². The van der Waals surface area contributed by atoms with Crippen LogP contribution in [0.2, 0.25) is 0 Å². The number of anilines is 1. The van der Waals surface area contributed by atoms with Crippen LogP contribution in [0.4, 0.5) is 5.82 Å². The van der Waals surface area contributed by atoms with Crippen molar-refractivity contribution in [3.05, 3.63) is 17.8 Å². The van der Waals surface area contributed by atoms with Crippen LogP contribution in [-0.4, -0.2) is 47.3 Å². The Bertz CT molecular complexity index is 377. The summed E-state index contributed by atoms with van der Waals surface area (Å²) in [6, 6.07) is 4.74. The third kappa shape index (κ3) is 2.12. The highest BCUT2D eigenvalue weighted by atomic mass is 15.3. The monoisotopic (exact) mass is 233 g/mol. The molecule has 0 aliphatic carbocycles. The molecule has 92 valence electrons. The largest absolute Gasteiger partial charge is 0.352 e. The van der Waals surface area contributed by atoms with Gasteiger partial charge >= 0.3 is 0 Å². The van der Waals surface area contributed by atoms with Gasteiger partial charge in [-0.15, -0.1) is 5.10 Å². The maximum absolute atomic E-state index is 5.53. The summed E-state index contributed by atoms with van der Waals surface area (Å²) in [6.45, 7) is 5.05. The first-order valence-electron chi connectivity index (χ1n) is 6.38. The van der Waals surface area contributed by atoms with Crippen molar-refractivity contribution in [1.82, 2.24) is 15.1 Å². The topological polar surface area (TPSA) is 58.3 Å². The van der Waals surface area contributed by atoms with Gasteiger partial charge in [-0.05, 0) is 31.5 Å². The normalized spacial score (nSPS) is 25.0. The minimum atomic E-state index is 0.462. The minimum Gasteiger partial charge on any atom is -0.352 e. The fourth-order valence-electron chi connectivity index (χ4n) is 2.83. The molecule has 0 amide bonds. The van der Waals surface area contributed by atoms with E-state index in [-0.39, 0.29) is 0 Å². The maximum Gasteiger partial charge on any atom is 0.151 e. The van der Waals surface area contributed by atoms with E-state index in [0.29, 0.717) is 6.54 Å². The molecule has 1 aromatic heterocycles.